The number of allylic oxidation sites excluding steroid dienone is 2. The number of nitrogens with zero attached hydrogens (tertiary/aromatic N) is 2. The first kappa shape index (κ1) is 8.35. The predicted octanol–water partition coefficient (Wildman–Crippen LogP) is 2.01. The Balaban J connectivity index is 2.67. The molecule has 3 heteroatoms. The van der Waals surface area contributed by atoms with E-state index >= 15 is 0 Å². The van der Waals surface area contributed by atoms with Crippen molar-refractivity contribution in [2.45, 2.75) is 13.0 Å². The van der Waals surface area contributed by atoms with Crippen molar-refractivity contribution in [3.63, 3.8) is 0 Å². The molecule has 0 spiro atoms. The lowest BCUT2D eigenvalue weighted by atomic mass is 10.2. The second-order valence-corrected chi connectivity index (χ2v) is 3.36. The van der Waals surface area contributed by atoms with Crippen LogP contribution in [0.1, 0.15) is 6.92 Å². The number of hydrogen-bond donors (Lipinski definition) is 0. The molecule has 0 bridgehead atoms. The third-order valence-corrected chi connectivity index (χ3v) is 2.07. The Morgan fingerprint density at radius 1 is 1.82 bits per heavy atom. The zero-order valence-electron chi connectivity index (χ0n) is 6.29. The largest absolute Gasteiger partial charge is 0.357 e. The Labute approximate surface area is 74.9 Å². The first-order chi connectivity index (χ1) is 5.24. The standard InChI is InChI=1S/C8H9BrN2/c1-7-2-3-8(9)6-11(7)5-4-10/h2-3,6-7H,5H2,1H3. The van der Waals surface area contributed by atoms with Gasteiger partial charge in [-0.2, -0.15) is 5.26 Å². The van der Waals surface area contributed by atoms with Gasteiger partial charge in [0.25, 0.3) is 0 Å². The highest BCUT2D eigenvalue weighted by molar-refractivity contribution is 9.11. The average molecular weight is 213 g/mol. The van der Waals surface area contributed by atoms with Crippen LogP contribution in [-0.4, -0.2) is 17.5 Å². The van der Waals surface area contributed by atoms with E-state index in [1.54, 1.807) is 0 Å². The normalized spacial score (nSPS) is 22.8. The molecule has 11 heavy (non-hydrogen) atoms. The number of nitriles is 1. The molecule has 1 heterocycles. The fraction of sp³-hybridized carbons (Fsp3) is 0.375. The van der Waals surface area contributed by atoms with Gasteiger partial charge >= 0.3 is 0 Å². The lowest BCUT2D eigenvalue weighted by Gasteiger charge is -2.25. The van der Waals surface area contributed by atoms with Gasteiger partial charge in [-0.25, -0.2) is 0 Å². The molecule has 0 fully saturated rings. The van der Waals surface area contributed by atoms with Gasteiger partial charge in [-0.15, -0.1) is 0 Å². The van der Waals surface area contributed by atoms with E-state index in [0.29, 0.717) is 12.6 Å². The van der Waals surface area contributed by atoms with E-state index in [1.807, 2.05) is 17.2 Å². The van der Waals surface area contributed by atoms with Crippen LogP contribution in [-0.2, 0) is 0 Å². The van der Waals surface area contributed by atoms with Crippen molar-refractivity contribution in [1.29, 1.82) is 5.26 Å². The molecule has 0 aromatic carbocycles. The van der Waals surface area contributed by atoms with Crippen molar-refractivity contribution in [3.8, 4) is 6.07 Å². The summed E-state index contributed by atoms with van der Waals surface area (Å²) in [6, 6.07) is 2.44. The van der Waals surface area contributed by atoms with Crippen molar-refractivity contribution in [2.75, 3.05) is 6.54 Å². The maximum absolute atomic E-state index is 8.46. The summed E-state index contributed by atoms with van der Waals surface area (Å²) >= 11 is 3.35. The molecule has 1 atom stereocenters. The van der Waals surface area contributed by atoms with Crippen LogP contribution in [0, 0.1) is 11.3 Å². The minimum atomic E-state index is 0.330. The zero-order valence-corrected chi connectivity index (χ0v) is 7.87. The highest BCUT2D eigenvalue weighted by Crippen LogP contribution is 2.16. The summed E-state index contributed by atoms with van der Waals surface area (Å²) in [7, 11) is 0. The second kappa shape index (κ2) is 3.59. The molecule has 0 saturated carbocycles. The SMILES string of the molecule is CC1C=CC(Br)=CN1CC#N. The van der Waals surface area contributed by atoms with Crippen LogP contribution in [0.3, 0.4) is 0 Å². The quantitative estimate of drug-likeness (QED) is 0.623. The maximum Gasteiger partial charge on any atom is 0.105 e. The average Bonchev–Trinajstić information content (AvgIpc) is 1.98. The molecule has 0 aliphatic carbocycles. The Morgan fingerprint density at radius 2 is 2.55 bits per heavy atom. The van der Waals surface area contributed by atoms with Crippen LogP contribution in [0.2, 0.25) is 0 Å². The minimum absolute atomic E-state index is 0.330. The monoisotopic (exact) mass is 212 g/mol. The molecule has 1 aliphatic heterocycles. The van der Waals surface area contributed by atoms with E-state index in [1.165, 1.54) is 0 Å². The molecule has 0 saturated heterocycles. The fourth-order valence-corrected chi connectivity index (χ4v) is 1.35. The second-order valence-electron chi connectivity index (χ2n) is 2.44. The van der Waals surface area contributed by atoms with Gasteiger partial charge in [0, 0.05) is 16.7 Å². The van der Waals surface area contributed by atoms with Gasteiger partial charge in [-0.05, 0) is 28.9 Å². The molecule has 1 aliphatic rings. The van der Waals surface area contributed by atoms with Crippen molar-refractivity contribution in [1.82, 2.24) is 4.90 Å². The minimum Gasteiger partial charge on any atom is -0.357 e. The molecule has 0 amide bonds. The summed E-state index contributed by atoms with van der Waals surface area (Å²) in [6.45, 7) is 2.50. The van der Waals surface area contributed by atoms with Gasteiger partial charge in [0.2, 0.25) is 0 Å². The van der Waals surface area contributed by atoms with Gasteiger partial charge in [-0.1, -0.05) is 6.08 Å². The van der Waals surface area contributed by atoms with E-state index in [-0.39, 0.29) is 0 Å². The van der Waals surface area contributed by atoms with E-state index in [2.05, 4.69) is 35.0 Å². The summed E-state index contributed by atoms with van der Waals surface area (Å²) in [4.78, 5) is 1.98. The Bertz CT molecular complexity index is 237. The molecule has 58 valence electrons. The van der Waals surface area contributed by atoms with Crippen LogP contribution in [0.15, 0.2) is 22.8 Å². The van der Waals surface area contributed by atoms with Gasteiger partial charge in [0.15, 0.2) is 0 Å². The smallest absolute Gasteiger partial charge is 0.105 e. The number of hydrogen-bond acceptors (Lipinski definition) is 2. The molecule has 1 unspecified atom stereocenters. The third kappa shape index (κ3) is 2.09. The van der Waals surface area contributed by atoms with Gasteiger partial charge in [0.05, 0.1) is 6.07 Å². The lowest BCUT2D eigenvalue weighted by Crippen LogP contribution is -2.28. The van der Waals surface area contributed by atoms with Crippen molar-refractivity contribution in [2.24, 2.45) is 0 Å². The fourth-order valence-electron chi connectivity index (χ4n) is 0.932. The number of halogens is 1. The van der Waals surface area contributed by atoms with Crippen LogP contribution < -0.4 is 0 Å². The summed E-state index contributed by atoms with van der Waals surface area (Å²) in [5, 5.41) is 8.46. The molecule has 1 rings (SSSR count). The third-order valence-electron chi connectivity index (χ3n) is 1.60. The Morgan fingerprint density at radius 3 is 3.18 bits per heavy atom. The molecular weight excluding hydrogens is 204 g/mol. The summed E-state index contributed by atoms with van der Waals surface area (Å²) in [5.41, 5.74) is 0. The molecular formula is C8H9BrN2. The predicted molar refractivity (Wildman–Crippen MR) is 47.9 cm³/mol. The maximum atomic E-state index is 8.46. The molecule has 2 nitrogen and oxygen atoms in total. The summed E-state index contributed by atoms with van der Waals surface area (Å²) < 4.78 is 1.02. The zero-order chi connectivity index (χ0) is 8.27. The topological polar surface area (TPSA) is 27.0 Å². The van der Waals surface area contributed by atoms with Gasteiger partial charge < -0.3 is 4.90 Å². The Hall–Kier alpha value is -0.750. The van der Waals surface area contributed by atoms with Crippen LogP contribution in [0.25, 0.3) is 0 Å². The summed E-state index contributed by atoms with van der Waals surface area (Å²) in [6.07, 6.45) is 5.99. The lowest BCUT2D eigenvalue weighted by molar-refractivity contribution is 0.370. The first-order valence-corrected chi connectivity index (χ1v) is 4.21. The van der Waals surface area contributed by atoms with Crippen LogP contribution in [0.4, 0.5) is 0 Å². The molecule has 0 aromatic rings. The Kier molecular flexibility index (Phi) is 2.72. The first-order valence-electron chi connectivity index (χ1n) is 3.42. The van der Waals surface area contributed by atoms with E-state index in [0.717, 1.165) is 4.48 Å². The van der Waals surface area contributed by atoms with Crippen molar-refractivity contribution < 1.29 is 0 Å². The van der Waals surface area contributed by atoms with E-state index < -0.39 is 0 Å². The molecule has 0 N–H and O–H groups in total. The summed E-state index contributed by atoms with van der Waals surface area (Å²) in [5.74, 6) is 0. The van der Waals surface area contributed by atoms with E-state index in [4.69, 9.17) is 5.26 Å². The van der Waals surface area contributed by atoms with Gasteiger partial charge in [0.1, 0.15) is 6.54 Å². The van der Waals surface area contributed by atoms with E-state index in [9.17, 15) is 0 Å². The van der Waals surface area contributed by atoms with Crippen molar-refractivity contribution in [3.05, 3.63) is 22.8 Å². The number of rotatable bonds is 1. The van der Waals surface area contributed by atoms with Crippen LogP contribution in [0.5, 0.6) is 0 Å². The van der Waals surface area contributed by atoms with Crippen LogP contribution >= 0.6 is 15.9 Å². The van der Waals surface area contributed by atoms with Crippen molar-refractivity contribution >= 4 is 15.9 Å². The van der Waals surface area contributed by atoms with Gasteiger partial charge in [-0.3, -0.25) is 0 Å². The molecule has 0 aromatic heterocycles. The molecule has 0 radical (unpaired) electrons. The highest BCUT2D eigenvalue weighted by atomic mass is 79.9. The highest BCUT2D eigenvalue weighted by Gasteiger charge is 2.09.